The summed E-state index contributed by atoms with van der Waals surface area (Å²) in [6, 6.07) is 15.7. The summed E-state index contributed by atoms with van der Waals surface area (Å²) in [4.78, 5) is 12.9. The maximum absolute atomic E-state index is 13.4. The highest BCUT2D eigenvalue weighted by atomic mass is 32.2. The number of carbonyl (C=O) groups excluding carboxylic acids is 1. The van der Waals surface area contributed by atoms with E-state index in [2.05, 4.69) is 33.0 Å². The van der Waals surface area contributed by atoms with E-state index >= 15 is 0 Å². The minimum absolute atomic E-state index is 0.171. The number of sulfonamides is 1. The molecule has 0 saturated heterocycles. The predicted molar refractivity (Wildman–Crippen MR) is 128 cm³/mol. The van der Waals surface area contributed by atoms with Crippen molar-refractivity contribution in [1.29, 1.82) is 0 Å². The Morgan fingerprint density at radius 1 is 1.00 bits per heavy atom. The van der Waals surface area contributed by atoms with Crippen molar-refractivity contribution in [2.45, 2.75) is 64.2 Å². The molecular weight excluding hydrogens is 408 g/mol. The van der Waals surface area contributed by atoms with Crippen LogP contribution in [0.5, 0.6) is 0 Å². The molecule has 0 bridgehead atoms. The molecule has 5 nitrogen and oxygen atoms in total. The van der Waals surface area contributed by atoms with Gasteiger partial charge in [-0.15, -0.1) is 0 Å². The first kappa shape index (κ1) is 24.9. The highest BCUT2D eigenvalue weighted by Crippen LogP contribution is 2.25. The Bertz CT molecular complexity index is 910. The van der Waals surface area contributed by atoms with E-state index in [-0.39, 0.29) is 17.3 Å². The fourth-order valence-electron chi connectivity index (χ4n) is 3.45. The fraction of sp³-hybridized carbons (Fsp3) is 0.480. The van der Waals surface area contributed by atoms with E-state index in [1.807, 2.05) is 12.1 Å². The van der Waals surface area contributed by atoms with Crippen LogP contribution in [0.3, 0.4) is 0 Å². The molecule has 2 aromatic carbocycles. The third kappa shape index (κ3) is 7.10. The van der Waals surface area contributed by atoms with Gasteiger partial charge in [-0.2, -0.15) is 0 Å². The summed E-state index contributed by atoms with van der Waals surface area (Å²) in [6.45, 7) is 8.77. The summed E-state index contributed by atoms with van der Waals surface area (Å²) in [7, 11) is -3.87. The lowest BCUT2D eigenvalue weighted by atomic mass is 9.99. The molecule has 0 aliphatic heterocycles. The van der Waals surface area contributed by atoms with Crippen molar-refractivity contribution in [3.05, 3.63) is 60.2 Å². The van der Waals surface area contributed by atoms with Gasteiger partial charge in [0.2, 0.25) is 5.91 Å². The number of benzene rings is 2. The van der Waals surface area contributed by atoms with Gasteiger partial charge in [-0.3, -0.25) is 9.10 Å². The van der Waals surface area contributed by atoms with Crippen LogP contribution in [0.2, 0.25) is 0 Å². The number of hydrogen-bond donors (Lipinski definition) is 1. The molecule has 6 heteroatoms. The van der Waals surface area contributed by atoms with Crippen molar-refractivity contribution in [3.8, 4) is 0 Å². The Morgan fingerprint density at radius 2 is 1.65 bits per heavy atom. The van der Waals surface area contributed by atoms with Crippen molar-refractivity contribution in [1.82, 2.24) is 5.32 Å². The maximum Gasteiger partial charge on any atom is 0.264 e. The molecule has 1 N–H and O–H groups in total. The normalized spacial score (nSPS) is 12.5. The molecule has 1 amide bonds. The van der Waals surface area contributed by atoms with Crippen molar-refractivity contribution in [3.63, 3.8) is 0 Å². The molecule has 2 aromatic rings. The van der Waals surface area contributed by atoms with Crippen molar-refractivity contribution in [2.24, 2.45) is 5.92 Å². The van der Waals surface area contributed by atoms with Gasteiger partial charge in [0.1, 0.15) is 6.54 Å². The lowest BCUT2D eigenvalue weighted by Gasteiger charge is -2.25. The number of amides is 1. The smallest absolute Gasteiger partial charge is 0.264 e. The minimum atomic E-state index is -3.87. The van der Waals surface area contributed by atoms with Gasteiger partial charge in [-0.25, -0.2) is 8.42 Å². The number of anilines is 1. The van der Waals surface area contributed by atoms with Crippen LogP contribution >= 0.6 is 0 Å². The topological polar surface area (TPSA) is 66.5 Å². The molecular formula is C25H36N2O3S. The average molecular weight is 445 g/mol. The quantitative estimate of drug-likeness (QED) is 0.481. The van der Waals surface area contributed by atoms with E-state index in [1.54, 1.807) is 42.5 Å². The van der Waals surface area contributed by atoms with Crippen LogP contribution in [0.4, 0.5) is 5.69 Å². The van der Waals surface area contributed by atoms with E-state index in [4.69, 9.17) is 0 Å². The third-order valence-corrected chi connectivity index (χ3v) is 7.39. The summed E-state index contributed by atoms with van der Waals surface area (Å²) < 4.78 is 27.9. The van der Waals surface area contributed by atoms with E-state index in [1.165, 1.54) is 4.31 Å². The standard InChI is InChI=1S/C25H36N2O3S/c1-5-7-11-21(6-2)18-26-25(28)19-27(23-16-14-22(15-17-23)20(3)4)31(29,30)24-12-9-8-10-13-24/h8-10,12-17,20-21H,5-7,11,18-19H2,1-4H3,(H,26,28)/t21-/m0/s1. The van der Waals surface area contributed by atoms with Crippen LogP contribution in [0.1, 0.15) is 64.9 Å². The lowest BCUT2D eigenvalue weighted by Crippen LogP contribution is -2.42. The van der Waals surface area contributed by atoms with E-state index in [0.717, 1.165) is 31.2 Å². The van der Waals surface area contributed by atoms with Crippen LogP contribution in [-0.4, -0.2) is 27.4 Å². The van der Waals surface area contributed by atoms with Gasteiger partial charge < -0.3 is 5.32 Å². The zero-order chi connectivity index (χ0) is 22.9. The number of hydrogen-bond acceptors (Lipinski definition) is 3. The molecule has 0 radical (unpaired) electrons. The maximum atomic E-state index is 13.4. The second kappa shape index (κ2) is 11.9. The molecule has 2 rings (SSSR count). The van der Waals surface area contributed by atoms with Gasteiger partial charge in [0.05, 0.1) is 10.6 Å². The van der Waals surface area contributed by atoms with Crippen molar-refractivity contribution in [2.75, 3.05) is 17.4 Å². The molecule has 0 fully saturated rings. The number of nitrogens with zero attached hydrogens (tertiary/aromatic N) is 1. The Hall–Kier alpha value is -2.34. The van der Waals surface area contributed by atoms with Crippen LogP contribution in [-0.2, 0) is 14.8 Å². The zero-order valence-electron chi connectivity index (χ0n) is 19.2. The fourth-order valence-corrected chi connectivity index (χ4v) is 4.89. The number of unbranched alkanes of at least 4 members (excludes halogenated alkanes) is 1. The van der Waals surface area contributed by atoms with Crippen LogP contribution in [0.15, 0.2) is 59.5 Å². The van der Waals surface area contributed by atoms with Gasteiger partial charge in [-0.1, -0.05) is 77.3 Å². The molecule has 170 valence electrons. The molecule has 0 aliphatic carbocycles. The zero-order valence-corrected chi connectivity index (χ0v) is 20.0. The molecule has 0 spiro atoms. The summed E-state index contributed by atoms with van der Waals surface area (Å²) in [5.41, 5.74) is 1.60. The monoisotopic (exact) mass is 444 g/mol. The highest BCUT2D eigenvalue weighted by Gasteiger charge is 2.27. The molecule has 0 saturated carbocycles. The molecule has 0 aliphatic rings. The summed E-state index contributed by atoms with van der Waals surface area (Å²) >= 11 is 0. The summed E-state index contributed by atoms with van der Waals surface area (Å²) in [5, 5.41) is 2.95. The number of rotatable bonds is 12. The predicted octanol–water partition coefficient (Wildman–Crippen LogP) is 5.34. The SMILES string of the molecule is CCCC[C@H](CC)CNC(=O)CN(c1ccc(C(C)C)cc1)S(=O)(=O)c1ccccc1. The van der Waals surface area contributed by atoms with Crippen molar-refractivity contribution >= 4 is 21.6 Å². The van der Waals surface area contributed by atoms with E-state index in [0.29, 0.717) is 24.1 Å². The van der Waals surface area contributed by atoms with Crippen LogP contribution in [0, 0.1) is 5.92 Å². The van der Waals surface area contributed by atoms with Crippen LogP contribution < -0.4 is 9.62 Å². The van der Waals surface area contributed by atoms with Gasteiger partial charge in [0.25, 0.3) is 10.0 Å². The first-order chi connectivity index (χ1) is 14.8. The summed E-state index contributed by atoms with van der Waals surface area (Å²) in [5.74, 6) is 0.460. The average Bonchev–Trinajstić information content (AvgIpc) is 2.78. The number of carbonyl (C=O) groups is 1. The Labute approximate surface area is 187 Å². The largest absolute Gasteiger partial charge is 0.354 e. The minimum Gasteiger partial charge on any atom is -0.354 e. The van der Waals surface area contributed by atoms with E-state index < -0.39 is 10.0 Å². The summed E-state index contributed by atoms with van der Waals surface area (Å²) in [6.07, 6.45) is 4.31. The Balaban J connectivity index is 2.25. The number of nitrogens with one attached hydrogen (secondary N) is 1. The first-order valence-electron chi connectivity index (χ1n) is 11.2. The van der Waals surface area contributed by atoms with Gasteiger partial charge in [0.15, 0.2) is 0 Å². The molecule has 0 unspecified atom stereocenters. The second-order valence-electron chi connectivity index (χ2n) is 8.29. The molecule has 0 heterocycles. The van der Waals surface area contributed by atoms with Gasteiger partial charge in [0, 0.05) is 6.54 Å². The van der Waals surface area contributed by atoms with Gasteiger partial charge in [-0.05, 0) is 48.1 Å². The van der Waals surface area contributed by atoms with Crippen molar-refractivity contribution < 1.29 is 13.2 Å². The second-order valence-corrected chi connectivity index (χ2v) is 10.2. The highest BCUT2D eigenvalue weighted by molar-refractivity contribution is 7.92. The molecule has 31 heavy (non-hydrogen) atoms. The van der Waals surface area contributed by atoms with E-state index in [9.17, 15) is 13.2 Å². The molecule has 1 atom stereocenters. The Morgan fingerprint density at radius 3 is 2.19 bits per heavy atom. The Kier molecular flexibility index (Phi) is 9.56. The lowest BCUT2D eigenvalue weighted by molar-refractivity contribution is -0.119. The van der Waals surface area contributed by atoms with Crippen LogP contribution in [0.25, 0.3) is 0 Å². The first-order valence-corrected chi connectivity index (χ1v) is 12.7. The molecule has 0 aromatic heterocycles. The third-order valence-electron chi connectivity index (χ3n) is 5.60. The van der Waals surface area contributed by atoms with Gasteiger partial charge >= 0.3 is 0 Å².